The lowest BCUT2D eigenvalue weighted by Gasteiger charge is -1.82. The van der Waals surface area contributed by atoms with Gasteiger partial charge in [0, 0.05) is 4.70 Å². The third-order valence-electron chi connectivity index (χ3n) is 1.36. The molecule has 0 atom stereocenters. The molecule has 0 bridgehead atoms. The molecule has 0 amide bonds. The largest absolute Gasteiger partial charge is 0.370 e. The van der Waals surface area contributed by atoms with Gasteiger partial charge in [-0.15, -0.1) is 11.3 Å². The second-order valence-corrected chi connectivity index (χ2v) is 3.36. The molecule has 0 radical (unpaired) electrons. The summed E-state index contributed by atoms with van der Waals surface area (Å²) < 4.78 is 1.37. The van der Waals surface area contributed by atoms with Gasteiger partial charge >= 0.3 is 0 Å². The average molecular weight is 193 g/mol. The smallest absolute Gasteiger partial charge is 0.183 e. The third kappa shape index (κ3) is 3.13. The molecule has 0 saturated carbocycles. The summed E-state index contributed by atoms with van der Waals surface area (Å²) in [5, 5.41) is 9.52. The summed E-state index contributed by atoms with van der Waals surface area (Å²) in [6, 6.07) is 10.5. The number of hydrogen-bond donors (Lipinski definition) is 3. The Morgan fingerprint density at radius 2 is 1.77 bits per heavy atom. The fourth-order valence-electron chi connectivity index (χ4n) is 0.906. The van der Waals surface area contributed by atoms with Gasteiger partial charge in [0.1, 0.15) is 0 Å². The highest BCUT2D eigenvalue weighted by atomic mass is 32.1. The number of hydrogen-bond acceptors (Lipinski definition) is 2. The molecule has 0 saturated heterocycles. The fourth-order valence-corrected chi connectivity index (χ4v) is 1.70. The highest BCUT2D eigenvalue weighted by molar-refractivity contribution is 7.17. The zero-order chi connectivity index (χ0) is 9.68. The number of rotatable bonds is 0. The number of guanidine groups is 1. The Morgan fingerprint density at radius 3 is 2.38 bits per heavy atom. The lowest BCUT2D eigenvalue weighted by Crippen LogP contribution is -2.20. The van der Waals surface area contributed by atoms with E-state index in [1.807, 2.05) is 0 Å². The second kappa shape index (κ2) is 4.47. The van der Waals surface area contributed by atoms with Gasteiger partial charge in [0.25, 0.3) is 0 Å². The van der Waals surface area contributed by atoms with E-state index in [0.29, 0.717) is 0 Å². The Labute approximate surface area is 80.5 Å². The van der Waals surface area contributed by atoms with Gasteiger partial charge in [0.05, 0.1) is 0 Å². The summed E-state index contributed by atoms with van der Waals surface area (Å²) in [4.78, 5) is 0. The Hall–Kier alpha value is -1.55. The van der Waals surface area contributed by atoms with Crippen molar-refractivity contribution in [3.05, 3.63) is 35.7 Å². The van der Waals surface area contributed by atoms with Crippen molar-refractivity contribution < 1.29 is 0 Å². The average Bonchev–Trinajstić information content (AvgIpc) is 2.49. The van der Waals surface area contributed by atoms with E-state index in [0.717, 1.165) is 0 Å². The lowest BCUT2D eigenvalue weighted by atomic mass is 10.3. The number of benzene rings is 1. The summed E-state index contributed by atoms with van der Waals surface area (Å²) in [6.45, 7) is 0. The van der Waals surface area contributed by atoms with Crippen molar-refractivity contribution in [3.8, 4) is 0 Å². The predicted molar refractivity (Wildman–Crippen MR) is 57.9 cm³/mol. The maximum atomic E-state index is 6.06. The lowest BCUT2D eigenvalue weighted by molar-refractivity contribution is 1.39. The first-order valence-electron chi connectivity index (χ1n) is 3.72. The first kappa shape index (κ1) is 9.54. The van der Waals surface area contributed by atoms with Crippen LogP contribution in [0.15, 0.2) is 35.7 Å². The molecule has 0 unspecified atom stereocenters. The number of fused-ring (bicyclic) bond motifs is 1. The molecule has 1 aromatic carbocycles. The van der Waals surface area contributed by atoms with E-state index in [1.165, 1.54) is 10.1 Å². The predicted octanol–water partition coefficient (Wildman–Crippen LogP) is 1.74. The van der Waals surface area contributed by atoms with Gasteiger partial charge < -0.3 is 11.5 Å². The van der Waals surface area contributed by atoms with Crippen LogP contribution in [0.5, 0.6) is 0 Å². The topological polar surface area (TPSA) is 75.9 Å². The number of thiophene rings is 1. The van der Waals surface area contributed by atoms with Crippen molar-refractivity contribution in [1.82, 2.24) is 0 Å². The Bertz CT molecular complexity index is 360. The van der Waals surface area contributed by atoms with Crippen molar-refractivity contribution in [2.75, 3.05) is 0 Å². The van der Waals surface area contributed by atoms with E-state index < -0.39 is 0 Å². The highest BCUT2D eigenvalue weighted by Crippen LogP contribution is 2.18. The van der Waals surface area contributed by atoms with Crippen LogP contribution < -0.4 is 11.5 Å². The minimum Gasteiger partial charge on any atom is -0.370 e. The first-order valence-corrected chi connectivity index (χ1v) is 4.60. The third-order valence-corrected chi connectivity index (χ3v) is 2.26. The molecule has 68 valence electrons. The molecule has 0 aliphatic rings. The molecule has 2 aromatic rings. The minimum absolute atomic E-state index is 0.333. The van der Waals surface area contributed by atoms with Gasteiger partial charge in [0.2, 0.25) is 0 Å². The standard InChI is InChI=1S/C8H6S.CH5N3/c1-2-4-8-7(3-1)5-6-9-8;2-1(3)4/h1-6H;(H5,2,3,4). The van der Waals surface area contributed by atoms with Crippen LogP contribution in [-0.2, 0) is 0 Å². The van der Waals surface area contributed by atoms with Crippen molar-refractivity contribution in [1.29, 1.82) is 5.41 Å². The minimum atomic E-state index is -0.333. The van der Waals surface area contributed by atoms with Crippen LogP contribution in [0.2, 0.25) is 0 Å². The van der Waals surface area contributed by atoms with Gasteiger partial charge in [-0.1, -0.05) is 18.2 Å². The maximum Gasteiger partial charge on any atom is 0.183 e. The molecule has 13 heavy (non-hydrogen) atoms. The Morgan fingerprint density at radius 1 is 1.15 bits per heavy atom. The van der Waals surface area contributed by atoms with Crippen molar-refractivity contribution in [2.45, 2.75) is 0 Å². The zero-order valence-electron chi connectivity index (χ0n) is 7.03. The fraction of sp³-hybridized carbons (Fsp3) is 0. The van der Waals surface area contributed by atoms with Crippen molar-refractivity contribution in [2.24, 2.45) is 11.5 Å². The highest BCUT2D eigenvalue weighted by Gasteiger charge is 1.87. The van der Waals surface area contributed by atoms with Gasteiger partial charge in [-0.3, -0.25) is 5.41 Å². The summed E-state index contributed by atoms with van der Waals surface area (Å²) in [5.41, 5.74) is 8.94. The molecule has 1 heterocycles. The van der Waals surface area contributed by atoms with Crippen LogP contribution in [0.25, 0.3) is 10.1 Å². The summed E-state index contributed by atoms with van der Waals surface area (Å²) >= 11 is 1.79. The van der Waals surface area contributed by atoms with Crippen LogP contribution in [-0.4, -0.2) is 5.96 Å². The zero-order valence-corrected chi connectivity index (χ0v) is 7.84. The molecule has 0 aliphatic carbocycles. The van der Waals surface area contributed by atoms with Crippen LogP contribution >= 0.6 is 11.3 Å². The summed E-state index contributed by atoms with van der Waals surface area (Å²) in [6.07, 6.45) is 0. The molecule has 3 nitrogen and oxygen atoms in total. The van der Waals surface area contributed by atoms with Crippen LogP contribution in [0, 0.1) is 5.41 Å². The van der Waals surface area contributed by atoms with Crippen molar-refractivity contribution in [3.63, 3.8) is 0 Å². The number of nitrogens with two attached hydrogens (primary N) is 2. The molecular formula is C9H11N3S. The second-order valence-electron chi connectivity index (χ2n) is 2.41. The van der Waals surface area contributed by atoms with Crippen LogP contribution in [0.4, 0.5) is 0 Å². The van der Waals surface area contributed by atoms with Gasteiger partial charge in [-0.2, -0.15) is 0 Å². The van der Waals surface area contributed by atoms with E-state index in [1.54, 1.807) is 11.3 Å². The van der Waals surface area contributed by atoms with E-state index >= 15 is 0 Å². The SMILES string of the molecule is N=C(N)N.c1ccc2sccc2c1. The van der Waals surface area contributed by atoms with Gasteiger partial charge in [-0.05, 0) is 22.9 Å². The molecule has 1 aromatic heterocycles. The quantitative estimate of drug-likeness (QED) is 0.440. The normalized spacial score (nSPS) is 8.92. The van der Waals surface area contributed by atoms with Crippen LogP contribution in [0.3, 0.4) is 0 Å². The summed E-state index contributed by atoms with van der Waals surface area (Å²) in [5.74, 6) is -0.333. The van der Waals surface area contributed by atoms with Crippen LogP contribution in [0.1, 0.15) is 0 Å². The molecular weight excluding hydrogens is 182 g/mol. The van der Waals surface area contributed by atoms with E-state index in [2.05, 4.69) is 47.2 Å². The Kier molecular flexibility index (Phi) is 3.28. The van der Waals surface area contributed by atoms with Gasteiger partial charge in [-0.25, -0.2) is 0 Å². The van der Waals surface area contributed by atoms with E-state index in [4.69, 9.17) is 5.41 Å². The maximum absolute atomic E-state index is 6.06. The first-order chi connectivity index (χ1) is 6.20. The van der Waals surface area contributed by atoms with E-state index in [9.17, 15) is 0 Å². The molecule has 4 heteroatoms. The van der Waals surface area contributed by atoms with Gasteiger partial charge in [0.15, 0.2) is 5.96 Å². The van der Waals surface area contributed by atoms with Crippen molar-refractivity contribution >= 4 is 27.4 Å². The Balaban J connectivity index is 0.000000184. The van der Waals surface area contributed by atoms with E-state index in [-0.39, 0.29) is 5.96 Å². The molecule has 5 N–H and O–H groups in total. The molecule has 0 aliphatic heterocycles. The molecule has 2 rings (SSSR count). The summed E-state index contributed by atoms with van der Waals surface area (Å²) in [7, 11) is 0. The molecule has 0 fully saturated rings. The monoisotopic (exact) mass is 193 g/mol. The number of nitrogens with one attached hydrogen (secondary N) is 1. The molecule has 0 spiro atoms.